The third kappa shape index (κ3) is 10.8. The number of carbonyl (C=O) groups excluding carboxylic acids is 1. The van der Waals surface area contributed by atoms with Gasteiger partial charge in [-0.25, -0.2) is 13.1 Å². The highest BCUT2D eigenvalue weighted by atomic mass is 35.5. The number of sulfonamides is 1. The van der Waals surface area contributed by atoms with E-state index >= 15 is 0 Å². The van der Waals surface area contributed by atoms with E-state index in [0.717, 1.165) is 89.6 Å². The molecular formula is C48H48ClN5O5S2. The van der Waals surface area contributed by atoms with Gasteiger partial charge in [-0.3, -0.25) is 9.69 Å². The third-order valence-electron chi connectivity index (χ3n) is 10.9. The standard InChI is InChI=1S/C48H48ClN5O5S2/c1-34-29-43(20-21-45(34)51-40(32-60-42-8-3-2-4-9-42)23-24-50-39-17-22-46-47(30-39)59-33-58-46)61(56,57)52-48(55)36-13-18-41(19-14-36)54-27-25-53(26-28-54)31-37-7-5-6-10-44(37)35-11-15-38(49)16-12-35/h2-22,29-30,40,50-51H,23-28,31-33H2,1H3,(H,52,55)/t40-/m1/s1. The number of hydrogen-bond donors (Lipinski definition) is 3. The summed E-state index contributed by atoms with van der Waals surface area (Å²) in [6.45, 7) is 7.07. The molecule has 2 aliphatic heterocycles. The number of ether oxygens (including phenoxy) is 2. The number of rotatable bonds is 16. The lowest BCUT2D eigenvalue weighted by atomic mass is 9.99. The lowest BCUT2D eigenvalue weighted by Gasteiger charge is -2.36. The summed E-state index contributed by atoms with van der Waals surface area (Å²) >= 11 is 7.90. The van der Waals surface area contributed by atoms with Crippen LogP contribution in [0.5, 0.6) is 11.5 Å². The number of piperazine rings is 1. The number of carbonyl (C=O) groups is 1. The molecule has 1 saturated heterocycles. The molecule has 8 rings (SSSR count). The molecule has 0 aliphatic carbocycles. The number of benzene rings is 6. The van der Waals surface area contributed by atoms with Crippen molar-refractivity contribution in [1.82, 2.24) is 9.62 Å². The molecule has 0 saturated carbocycles. The molecule has 0 spiro atoms. The van der Waals surface area contributed by atoms with Crippen molar-refractivity contribution in [3.8, 4) is 22.6 Å². The summed E-state index contributed by atoms with van der Waals surface area (Å²) in [7, 11) is -4.14. The Bertz CT molecular complexity index is 2550. The van der Waals surface area contributed by atoms with E-state index in [2.05, 4.69) is 73.7 Å². The normalized spacial score (nSPS) is 14.4. The van der Waals surface area contributed by atoms with E-state index in [1.54, 1.807) is 36.0 Å². The number of aryl methyl sites for hydroxylation is 1. The van der Waals surface area contributed by atoms with Gasteiger partial charge in [0, 0.05) is 89.7 Å². The van der Waals surface area contributed by atoms with E-state index in [9.17, 15) is 13.2 Å². The molecule has 1 fully saturated rings. The molecule has 1 atom stereocenters. The second kappa shape index (κ2) is 19.4. The minimum atomic E-state index is -4.14. The van der Waals surface area contributed by atoms with Gasteiger partial charge < -0.3 is 25.0 Å². The van der Waals surface area contributed by atoms with Gasteiger partial charge in [-0.05, 0) is 114 Å². The molecule has 0 aromatic heterocycles. The topological polar surface area (TPSA) is 112 Å². The summed E-state index contributed by atoms with van der Waals surface area (Å²) in [6, 6.07) is 44.6. The Balaban J connectivity index is 0.850. The fourth-order valence-corrected chi connectivity index (χ4v) is 9.71. The van der Waals surface area contributed by atoms with E-state index in [1.807, 2.05) is 67.6 Å². The third-order valence-corrected chi connectivity index (χ3v) is 13.7. The number of fused-ring (bicyclic) bond motifs is 1. The summed E-state index contributed by atoms with van der Waals surface area (Å²) in [5, 5.41) is 7.86. The lowest BCUT2D eigenvalue weighted by Crippen LogP contribution is -2.46. The number of nitrogens with zero attached hydrogens (tertiary/aromatic N) is 2. The Morgan fingerprint density at radius 2 is 1.54 bits per heavy atom. The minimum absolute atomic E-state index is 0.0221. The molecule has 6 aromatic carbocycles. The second-order valence-corrected chi connectivity index (χ2v) is 18.3. The highest BCUT2D eigenvalue weighted by Crippen LogP contribution is 2.34. The summed E-state index contributed by atoms with van der Waals surface area (Å²) in [4.78, 5) is 19.2. The molecule has 3 N–H and O–H groups in total. The number of anilines is 3. The molecule has 0 unspecified atom stereocenters. The van der Waals surface area contributed by atoms with Gasteiger partial charge in [-0.2, -0.15) is 0 Å². The van der Waals surface area contributed by atoms with Gasteiger partial charge in [0.2, 0.25) is 6.79 Å². The second-order valence-electron chi connectivity index (χ2n) is 15.1. The highest BCUT2D eigenvalue weighted by molar-refractivity contribution is 7.99. The molecule has 13 heteroatoms. The van der Waals surface area contributed by atoms with E-state index in [4.69, 9.17) is 21.1 Å². The van der Waals surface area contributed by atoms with Crippen LogP contribution in [-0.2, 0) is 16.6 Å². The van der Waals surface area contributed by atoms with Crippen LogP contribution >= 0.6 is 23.4 Å². The van der Waals surface area contributed by atoms with Crippen molar-refractivity contribution < 1.29 is 22.7 Å². The molecule has 61 heavy (non-hydrogen) atoms. The zero-order valence-corrected chi connectivity index (χ0v) is 36.2. The van der Waals surface area contributed by atoms with Crippen LogP contribution in [0.15, 0.2) is 149 Å². The number of halogens is 1. The molecule has 0 radical (unpaired) electrons. The molecule has 2 aliphatic rings. The predicted octanol–water partition coefficient (Wildman–Crippen LogP) is 9.56. The summed E-state index contributed by atoms with van der Waals surface area (Å²) < 4.78 is 40.2. The van der Waals surface area contributed by atoms with Crippen molar-refractivity contribution in [2.24, 2.45) is 0 Å². The Labute approximate surface area is 367 Å². The van der Waals surface area contributed by atoms with Crippen molar-refractivity contribution in [3.05, 3.63) is 161 Å². The Morgan fingerprint density at radius 1 is 0.803 bits per heavy atom. The number of amides is 1. The van der Waals surface area contributed by atoms with Gasteiger partial charge in [-0.1, -0.05) is 66.2 Å². The zero-order chi connectivity index (χ0) is 42.2. The van der Waals surface area contributed by atoms with Gasteiger partial charge in [0.15, 0.2) is 11.5 Å². The van der Waals surface area contributed by atoms with E-state index in [0.29, 0.717) is 6.54 Å². The van der Waals surface area contributed by atoms with Gasteiger partial charge in [0.1, 0.15) is 0 Å². The van der Waals surface area contributed by atoms with E-state index in [1.165, 1.54) is 22.1 Å². The van der Waals surface area contributed by atoms with Gasteiger partial charge in [-0.15, -0.1) is 11.8 Å². The van der Waals surface area contributed by atoms with Crippen LogP contribution in [0.2, 0.25) is 5.02 Å². The molecule has 10 nitrogen and oxygen atoms in total. The van der Waals surface area contributed by atoms with Crippen LogP contribution < -0.4 is 29.7 Å². The van der Waals surface area contributed by atoms with Crippen LogP contribution in [0.1, 0.15) is 27.9 Å². The van der Waals surface area contributed by atoms with Crippen molar-refractivity contribution >= 4 is 56.4 Å². The molecule has 2 heterocycles. The Kier molecular flexibility index (Phi) is 13.4. The quantitative estimate of drug-likeness (QED) is 0.0814. The SMILES string of the molecule is Cc1cc(S(=O)(=O)NC(=O)c2ccc(N3CCN(Cc4ccccc4-c4ccc(Cl)cc4)CC3)cc2)ccc1N[C@H](CCNc1ccc2c(c1)OCO2)CSc1ccccc1. The maximum Gasteiger partial charge on any atom is 0.264 e. The maximum absolute atomic E-state index is 13.5. The maximum atomic E-state index is 13.5. The van der Waals surface area contributed by atoms with Crippen LogP contribution in [0.3, 0.4) is 0 Å². The fourth-order valence-electron chi connectivity index (χ4n) is 7.53. The lowest BCUT2D eigenvalue weighted by molar-refractivity contribution is 0.0981. The number of hydrogen-bond acceptors (Lipinski definition) is 10. The van der Waals surface area contributed by atoms with Crippen molar-refractivity contribution in [2.75, 3.05) is 60.8 Å². The first-order chi connectivity index (χ1) is 29.7. The molecule has 0 bridgehead atoms. The Morgan fingerprint density at radius 3 is 2.31 bits per heavy atom. The first kappa shape index (κ1) is 42.0. The first-order valence-corrected chi connectivity index (χ1v) is 23.2. The zero-order valence-electron chi connectivity index (χ0n) is 33.9. The summed E-state index contributed by atoms with van der Waals surface area (Å²) in [5.41, 5.74) is 7.41. The van der Waals surface area contributed by atoms with E-state index in [-0.39, 0.29) is 23.3 Å². The smallest absolute Gasteiger partial charge is 0.264 e. The molecule has 1 amide bonds. The highest BCUT2D eigenvalue weighted by Gasteiger charge is 2.23. The van der Waals surface area contributed by atoms with Crippen LogP contribution in [0.4, 0.5) is 17.1 Å². The number of nitrogens with one attached hydrogen (secondary N) is 3. The first-order valence-electron chi connectivity index (χ1n) is 20.3. The van der Waals surface area contributed by atoms with Crippen LogP contribution in [0.25, 0.3) is 11.1 Å². The number of thioether (sulfide) groups is 1. The van der Waals surface area contributed by atoms with Gasteiger partial charge in [0.05, 0.1) is 4.90 Å². The van der Waals surface area contributed by atoms with Crippen molar-refractivity contribution in [2.45, 2.75) is 35.7 Å². The van der Waals surface area contributed by atoms with Crippen molar-refractivity contribution in [3.63, 3.8) is 0 Å². The van der Waals surface area contributed by atoms with Crippen LogP contribution in [0, 0.1) is 6.92 Å². The monoisotopic (exact) mass is 873 g/mol. The van der Waals surface area contributed by atoms with E-state index < -0.39 is 15.9 Å². The minimum Gasteiger partial charge on any atom is -0.454 e. The van der Waals surface area contributed by atoms with Crippen LogP contribution in [-0.4, -0.2) is 70.5 Å². The van der Waals surface area contributed by atoms with Crippen molar-refractivity contribution in [1.29, 1.82) is 0 Å². The largest absolute Gasteiger partial charge is 0.454 e. The molecule has 314 valence electrons. The average molecular weight is 875 g/mol. The molecular weight excluding hydrogens is 826 g/mol. The molecule has 6 aromatic rings. The average Bonchev–Trinajstić information content (AvgIpc) is 3.75. The summed E-state index contributed by atoms with van der Waals surface area (Å²) in [5.74, 6) is 1.58. The predicted molar refractivity (Wildman–Crippen MR) is 247 cm³/mol. The summed E-state index contributed by atoms with van der Waals surface area (Å²) in [6.07, 6.45) is 0.791. The Hall–Kier alpha value is -5.66. The fraction of sp³-hybridized carbons (Fsp3) is 0.229. The van der Waals surface area contributed by atoms with Gasteiger partial charge >= 0.3 is 0 Å². The van der Waals surface area contributed by atoms with Gasteiger partial charge in [0.25, 0.3) is 15.9 Å².